The van der Waals surface area contributed by atoms with E-state index in [9.17, 15) is 22.8 Å². The van der Waals surface area contributed by atoms with Crippen LogP contribution in [0.5, 0.6) is 0 Å². The molecule has 6 nitrogen and oxygen atoms in total. The number of carbonyl (C=O) groups excluding carboxylic acids is 1. The molecule has 2 aliphatic heterocycles. The van der Waals surface area contributed by atoms with E-state index in [0.29, 0.717) is 30.9 Å². The van der Waals surface area contributed by atoms with Crippen LogP contribution in [-0.4, -0.2) is 29.0 Å². The van der Waals surface area contributed by atoms with Crippen LogP contribution in [0.15, 0.2) is 29.1 Å². The molecule has 1 aromatic heterocycles. The van der Waals surface area contributed by atoms with Crippen molar-refractivity contribution < 1.29 is 18.0 Å². The van der Waals surface area contributed by atoms with Crippen molar-refractivity contribution in [1.82, 2.24) is 9.97 Å². The van der Waals surface area contributed by atoms with Crippen LogP contribution in [0.25, 0.3) is 0 Å². The summed E-state index contributed by atoms with van der Waals surface area (Å²) in [5, 5.41) is 2.58. The van der Waals surface area contributed by atoms with Gasteiger partial charge in [0.25, 0.3) is 5.56 Å². The van der Waals surface area contributed by atoms with Crippen LogP contribution in [-0.2, 0) is 11.0 Å². The third-order valence-corrected chi connectivity index (χ3v) is 5.75. The van der Waals surface area contributed by atoms with Gasteiger partial charge in [0.15, 0.2) is 0 Å². The lowest BCUT2D eigenvalue weighted by atomic mass is 9.84. The SMILES string of the molecule is CC1CC(C)CN(c2nc3c(c(=O)[nH]2)C(c2ccccc2C(F)(F)F)CC(=O)N3)C1. The van der Waals surface area contributed by atoms with Crippen molar-refractivity contribution in [3.8, 4) is 0 Å². The molecule has 0 radical (unpaired) electrons. The van der Waals surface area contributed by atoms with Gasteiger partial charge >= 0.3 is 6.18 Å². The molecule has 0 aliphatic carbocycles. The Hall–Kier alpha value is -2.84. The summed E-state index contributed by atoms with van der Waals surface area (Å²) >= 11 is 0. The van der Waals surface area contributed by atoms with E-state index in [1.54, 1.807) is 0 Å². The first-order valence-corrected chi connectivity index (χ1v) is 9.98. The van der Waals surface area contributed by atoms with E-state index in [0.717, 1.165) is 12.5 Å². The number of nitrogens with zero attached hydrogens (tertiary/aromatic N) is 2. The Morgan fingerprint density at radius 3 is 2.43 bits per heavy atom. The average molecular weight is 420 g/mol. The molecule has 9 heteroatoms. The first kappa shape index (κ1) is 20.4. The molecule has 3 unspecified atom stereocenters. The second-order valence-electron chi connectivity index (χ2n) is 8.39. The molecule has 3 heterocycles. The highest BCUT2D eigenvalue weighted by Crippen LogP contribution is 2.41. The van der Waals surface area contributed by atoms with Gasteiger partial charge in [0.2, 0.25) is 11.9 Å². The minimum absolute atomic E-state index is 0.0397. The van der Waals surface area contributed by atoms with E-state index in [-0.39, 0.29) is 23.4 Å². The van der Waals surface area contributed by atoms with Crippen molar-refractivity contribution in [3.05, 3.63) is 51.3 Å². The predicted molar refractivity (Wildman–Crippen MR) is 107 cm³/mol. The smallest absolute Gasteiger partial charge is 0.342 e. The largest absolute Gasteiger partial charge is 0.416 e. The molecule has 1 saturated heterocycles. The maximum atomic E-state index is 13.5. The molecule has 2 N–H and O–H groups in total. The van der Waals surface area contributed by atoms with Crippen LogP contribution in [0, 0.1) is 11.8 Å². The molecule has 4 rings (SSSR count). The molecule has 1 amide bonds. The standard InChI is InChI=1S/C21H23F3N4O2/c1-11-7-12(2)10-28(9-11)20-26-18-17(19(30)27-20)14(8-16(29)25-18)13-5-3-4-6-15(13)21(22,23)24/h3-6,11-12,14H,7-10H2,1-2H3,(H2,25,26,27,29,30). The molecule has 2 aromatic rings. The van der Waals surface area contributed by atoms with Crippen LogP contribution in [0.3, 0.4) is 0 Å². The van der Waals surface area contributed by atoms with Gasteiger partial charge in [-0.3, -0.25) is 14.6 Å². The number of H-pyrrole nitrogens is 1. The molecule has 0 bridgehead atoms. The number of carbonyl (C=O) groups is 1. The van der Waals surface area contributed by atoms with Gasteiger partial charge in [-0.2, -0.15) is 18.2 Å². The number of aromatic nitrogens is 2. The van der Waals surface area contributed by atoms with Crippen LogP contribution < -0.4 is 15.8 Å². The monoisotopic (exact) mass is 420 g/mol. The number of alkyl halides is 3. The molecular weight excluding hydrogens is 397 g/mol. The number of hydrogen-bond donors (Lipinski definition) is 2. The highest BCUT2D eigenvalue weighted by atomic mass is 19.4. The number of benzene rings is 1. The number of aromatic amines is 1. The van der Waals surface area contributed by atoms with Crippen LogP contribution in [0.2, 0.25) is 0 Å². The van der Waals surface area contributed by atoms with E-state index in [2.05, 4.69) is 29.1 Å². The van der Waals surface area contributed by atoms with Gasteiger partial charge in [-0.1, -0.05) is 32.0 Å². The Labute approximate surface area is 171 Å². The Balaban J connectivity index is 1.80. The summed E-state index contributed by atoms with van der Waals surface area (Å²) < 4.78 is 40.6. The van der Waals surface area contributed by atoms with Gasteiger partial charge in [-0.05, 0) is 29.9 Å². The summed E-state index contributed by atoms with van der Waals surface area (Å²) in [5.41, 5.74) is -1.41. The molecule has 1 fully saturated rings. The van der Waals surface area contributed by atoms with Gasteiger partial charge in [-0.25, -0.2) is 0 Å². The van der Waals surface area contributed by atoms with Crippen molar-refractivity contribution in [1.29, 1.82) is 0 Å². The Morgan fingerprint density at radius 2 is 1.77 bits per heavy atom. The Kier molecular flexibility index (Phi) is 5.07. The topological polar surface area (TPSA) is 78.1 Å². The van der Waals surface area contributed by atoms with Gasteiger partial charge in [0.1, 0.15) is 5.82 Å². The number of amides is 1. The van der Waals surface area contributed by atoms with Crippen molar-refractivity contribution >= 4 is 17.7 Å². The van der Waals surface area contributed by atoms with Gasteiger partial charge < -0.3 is 10.2 Å². The van der Waals surface area contributed by atoms with Gasteiger partial charge in [-0.15, -0.1) is 0 Å². The summed E-state index contributed by atoms with van der Waals surface area (Å²) in [6, 6.07) is 5.05. The first-order valence-electron chi connectivity index (χ1n) is 9.98. The minimum Gasteiger partial charge on any atom is -0.342 e. The number of hydrogen-bond acceptors (Lipinski definition) is 4. The minimum atomic E-state index is -4.59. The van der Waals surface area contributed by atoms with E-state index in [1.165, 1.54) is 18.2 Å². The zero-order chi connectivity index (χ0) is 21.6. The van der Waals surface area contributed by atoms with Crippen LogP contribution in [0.1, 0.15) is 49.3 Å². The number of rotatable bonds is 2. The normalized spacial score (nSPS) is 24.4. The maximum absolute atomic E-state index is 13.5. The molecule has 0 spiro atoms. The van der Waals surface area contributed by atoms with Crippen LogP contribution >= 0.6 is 0 Å². The summed E-state index contributed by atoms with van der Waals surface area (Å²) in [6.07, 6.45) is -3.77. The zero-order valence-electron chi connectivity index (χ0n) is 16.7. The lowest BCUT2D eigenvalue weighted by Crippen LogP contribution is -2.41. The van der Waals surface area contributed by atoms with Crippen molar-refractivity contribution in [2.75, 3.05) is 23.3 Å². The van der Waals surface area contributed by atoms with Crippen LogP contribution in [0.4, 0.5) is 24.9 Å². The van der Waals surface area contributed by atoms with Gasteiger partial charge in [0, 0.05) is 25.4 Å². The van der Waals surface area contributed by atoms with E-state index in [1.807, 2.05) is 4.90 Å². The number of piperidine rings is 1. The maximum Gasteiger partial charge on any atom is 0.416 e. The molecule has 2 aliphatic rings. The third kappa shape index (κ3) is 3.80. The molecule has 160 valence electrons. The van der Waals surface area contributed by atoms with Crippen molar-refractivity contribution in [2.24, 2.45) is 11.8 Å². The zero-order valence-corrected chi connectivity index (χ0v) is 16.7. The number of fused-ring (bicyclic) bond motifs is 1. The summed E-state index contributed by atoms with van der Waals surface area (Å²) in [7, 11) is 0. The third-order valence-electron chi connectivity index (χ3n) is 5.75. The van der Waals surface area contributed by atoms with E-state index >= 15 is 0 Å². The Morgan fingerprint density at radius 1 is 1.10 bits per heavy atom. The molecule has 0 saturated carbocycles. The number of nitrogens with one attached hydrogen (secondary N) is 2. The second-order valence-corrected chi connectivity index (χ2v) is 8.39. The van der Waals surface area contributed by atoms with Crippen molar-refractivity contribution in [2.45, 2.75) is 38.8 Å². The second kappa shape index (κ2) is 7.45. The fourth-order valence-electron chi connectivity index (χ4n) is 4.67. The molecular formula is C21H23F3N4O2. The first-order chi connectivity index (χ1) is 14.1. The molecule has 30 heavy (non-hydrogen) atoms. The summed E-state index contributed by atoms with van der Waals surface area (Å²) in [5.74, 6) is -0.280. The fraction of sp³-hybridized carbons (Fsp3) is 0.476. The highest BCUT2D eigenvalue weighted by molar-refractivity contribution is 5.94. The number of anilines is 2. The average Bonchev–Trinajstić information content (AvgIpc) is 2.65. The van der Waals surface area contributed by atoms with Gasteiger partial charge in [0.05, 0.1) is 11.1 Å². The fourth-order valence-corrected chi connectivity index (χ4v) is 4.67. The predicted octanol–water partition coefficient (Wildman–Crippen LogP) is 3.75. The lowest BCUT2D eigenvalue weighted by Gasteiger charge is -2.36. The Bertz CT molecular complexity index is 1020. The van der Waals surface area contributed by atoms with Crippen molar-refractivity contribution in [3.63, 3.8) is 0 Å². The van der Waals surface area contributed by atoms with E-state index < -0.39 is 29.1 Å². The lowest BCUT2D eigenvalue weighted by molar-refractivity contribution is -0.138. The van der Waals surface area contributed by atoms with E-state index in [4.69, 9.17) is 0 Å². The summed E-state index contributed by atoms with van der Waals surface area (Å²) in [6.45, 7) is 5.65. The highest BCUT2D eigenvalue weighted by Gasteiger charge is 2.39. The number of halogens is 3. The quantitative estimate of drug-likeness (QED) is 0.776. The molecule has 3 atom stereocenters. The molecule has 1 aromatic carbocycles. The summed E-state index contributed by atoms with van der Waals surface area (Å²) in [4.78, 5) is 34.4.